The maximum absolute atomic E-state index is 7.22. The summed E-state index contributed by atoms with van der Waals surface area (Å²) in [6, 6.07) is 78.9. The van der Waals surface area contributed by atoms with E-state index in [9.17, 15) is 0 Å². The van der Waals surface area contributed by atoms with Gasteiger partial charge in [-0.05, 0) is 99.0 Å². The molecule has 0 fully saturated rings. The summed E-state index contributed by atoms with van der Waals surface area (Å²) in [6.07, 6.45) is 1.95. The van der Waals surface area contributed by atoms with E-state index in [4.69, 9.17) is 9.72 Å². The molecule has 74 heavy (non-hydrogen) atoms. The summed E-state index contributed by atoms with van der Waals surface area (Å²) in [5.41, 5.74) is 14.2. The Bertz CT molecular complexity index is 3680. The first-order valence-electron chi connectivity index (χ1n) is 26.0. The van der Waals surface area contributed by atoms with Crippen LogP contribution in [0.4, 0.5) is 11.4 Å². The van der Waals surface area contributed by atoms with Crippen LogP contribution in [0.5, 0.6) is 11.5 Å². The van der Waals surface area contributed by atoms with E-state index >= 15 is 0 Å². The molecule has 1 aliphatic rings. The summed E-state index contributed by atoms with van der Waals surface area (Å²) in [4.78, 5) is 10.2. The number of rotatable bonds is 12. The lowest BCUT2D eigenvalue weighted by Crippen LogP contribution is -2.34. The highest BCUT2D eigenvalue weighted by molar-refractivity contribution is 6.09. The molecule has 8 aromatic carbocycles. The van der Waals surface area contributed by atoms with Crippen molar-refractivity contribution in [3.8, 4) is 28.4 Å². The fraction of sp³-hybridized carbons (Fsp3) is 0.203. The quantitative estimate of drug-likeness (QED) is 0.122. The van der Waals surface area contributed by atoms with E-state index in [1.165, 1.54) is 44.9 Å². The number of pyridine rings is 1. The van der Waals surface area contributed by atoms with E-state index in [0.717, 1.165) is 55.9 Å². The Hall–Kier alpha value is -8.15. The maximum atomic E-state index is 7.22. The molecule has 5 nitrogen and oxygen atoms in total. The van der Waals surface area contributed by atoms with Gasteiger partial charge in [-0.2, -0.15) is 0 Å². The average Bonchev–Trinajstić information content (AvgIpc) is 4.01. The Morgan fingerprint density at radius 2 is 0.919 bits per heavy atom. The van der Waals surface area contributed by atoms with Gasteiger partial charge in [0.05, 0.1) is 29.1 Å². The largest absolute Gasteiger partial charge is 0.457 e. The van der Waals surface area contributed by atoms with Crippen LogP contribution >= 0.6 is 0 Å². The standard InChI is InChI=1S/C69H66N4O/c1-66(2,3)53-33-24-34-55(43-53)71-47-72(65(69(8,9)52-31-20-13-21-32-52)64(71)68(6,7)51-29-18-12-19-30-51)56-41-49(48-25-14-10-15-26-48)42-58(45-56)74-57-37-38-60-59-35-22-23-36-61(59)73(62(60)46-57)63-44-54(39-40-70-63)67(4,5)50-27-16-11-17-28-50/h10-46H,47H2,1-9H3. The van der Waals surface area contributed by atoms with Crippen molar-refractivity contribution in [2.45, 2.75) is 84.0 Å². The molecule has 10 aromatic rings. The first-order valence-corrected chi connectivity index (χ1v) is 26.0. The van der Waals surface area contributed by atoms with Gasteiger partial charge in [-0.3, -0.25) is 4.57 Å². The third kappa shape index (κ3) is 8.74. The van der Waals surface area contributed by atoms with Gasteiger partial charge in [0.2, 0.25) is 0 Å². The lowest BCUT2D eigenvalue weighted by atomic mass is 9.73. The molecule has 5 heteroatoms. The van der Waals surface area contributed by atoms with E-state index < -0.39 is 10.8 Å². The molecule has 0 aliphatic carbocycles. The van der Waals surface area contributed by atoms with Crippen molar-refractivity contribution in [1.29, 1.82) is 0 Å². The van der Waals surface area contributed by atoms with Crippen molar-refractivity contribution >= 4 is 33.2 Å². The zero-order valence-corrected chi connectivity index (χ0v) is 44.3. The summed E-state index contributed by atoms with van der Waals surface area (Å²) < 4.78 is 9.51. The minimum Gasteiger partial charge on any atom is -0.457 e. The van der Waals surface area contributed by atoms with Crippen molar-refractivity contribution in [3.63, 3.8) is 0 Å². The van der Waals surface area contributed by atoms with Crippen molar-refractivity contribution in [1.82, 2.24) is 9.55 Å². The average molecular weight is 967 g/mol. The number of allylic oxidation sites excluding steroid dienone is 2. The first-order chi connectivity index (χ1) is 35.6. The maximum Gasteiger partial charge on any atom is 0.137 e. The number of benzene rings is 8. The Labute approximate surface area is 438 Å². The van der Waals surface area contributed by atoms with Gasteiger partial charge >= 0.3 is 0 Å². The number of fused-ring (bicyclic) bond motifs is 3. The SMILES string of the molecule is CC(C)(C)c1cccc(N2CN(c3cc(Oc4ccc5c6ccccc6n(-c6cc(C(C)(C)c7ccccc7)ccn6)c5c4)cc(-c4ccccc4)c3)C(C(C)(C)c3ccccc3)=C2C(C)(C)c2ccccc2)c1. The minimum absolute atomic E-state index is 0.0339. The Balaban J connectivity index is 1.09. The van der Waals surface area contributed by atoms with Crippen molar-refractivity contribution in [2.75, 3.05) is 16.5 Å². The van der Waals surface area contributed by atoms with E-state index in [0.29, 0.717) is 6.67 Å². The van der Waals surface area contributed by atoms with Crippen LogP contribution in [0.15, 0.2) is 236 Å². The van der Waals surface area contributed by atoms with Crippen molar-refractivity contribution in [3.05, 3.63) is 264 Å². The summed E-state index contributed by atoms with van der Waals surface area (Å²) >= 11 is 0. The van der Waals surface area contributed by atoms with E-state index in [1.807, 2.05) is 6.20 Å². The van der Waals surface area contributed by atoms with Gasteiger partial charge in [0, 0.05) is 56.7 Å². The fourth-order valence-electron chi connectivity index (χ4n) is 11.3. The number of anilines is 2. The minimum atomic E-state index is -0.442. The smallest absolute Gasteiger partial charge is 0.137 e. The van der Waals surface area contributed by atoms with Gasteiger partial charge in [0.15, 0.2) is 0 Å². The highest BCUT2D eigenvalue weighted by Crippen LogP contribution is 2.51. The number of hydrogen-bond acceptors (Lipinski definition) is 4. The number of aromatic nitrogens is 2. The third-order valence-corrected chi connectivity index (χ3v) is 15.6. The summed E-state index contributed by atoms with van der Waals surface area (Å²) in [5, 5.41) is 2.30. The highest BCUT2D eigenvalue weighted by Gasteiger charge is 2.46. The van der Waals surface area contributed by atoms with Crippen LogP contribution in [-0.4, -0.2) is 16.2 Å². The topological polar surface area (TPSA) is 33.5 Å². The zero-order valence-electron chi connectivity index (χ0n) is 44.3. The molecule has 0 unspecified atom stereocenters. The number of ether oxygens (including phenoxy) is 1. The number of para-hydroxylation sites is 1. The zero-order chi connectivity index (χ0) is 51.4. The Kier molecular flexibility index (Phi) is 12.2. The van der Waals surface area contributed by atoms with Crippen LogP contribution in [-0.2, 0) is 21.7 Å². The lowest BCUT2D eigenvalue weighted by molar-refractivity contribution is 0.483. The summed E-state index contributed by atoms with van der Waals surface area (Å²) in [7, 11) is 0. The van der Waals surface area contributed by atoms with Crippen LogP contribution in [0, 0.1) is 0 Å². The predicted molar refractivity (Wildman–Crippen MR) is 310 cm³/mol. The molecule has 368 valence electrons. The molecular weight excluding hydrogens is 901 g/mol. The van der Waals surface area contributed by atoms with E-state index in [2.05, 4.69) is 295 Å². The lowest BCUT2D eigenvalue weighted by Gasteiger charge is -2.38. The van der Waals surface area contributed by atoms with Crippen LogP contribution in [0.3, 0.4) is 0 Å². The molecule has 0 N–H and O–H groups in total. The molecule has 11 rings (SSSR count). The normalized spacial score (nSPS) is 13.6. The molecule has 3 heterocycles. The third-order valence-electron chi connectivity index (χ3n) is 15.6. The second-order valence-electron chi connectivity index (χ2n) is 22.6. The van der Waals surface area contributed by atoms with Crippen LogP contribution in [0.2, 0.25) is 0 Å². The van der Waals surface area contributed by atoms with Gasteiger partial charge in [-0.1, -0.05) is 214 Å². The van der Waals surface area contributed by atoms with E-state index in [1.54, 1.807) is 0 Å². The van der Waals surface area contributed by atoms with Crippen molar-refractivity contribution < 1.29 is 4.74 Å². The second kappa shape index (κ2) is 18.7. The molecule has 0 saturated carbocycles. The Morgan fingerprint density at radius 3 is 1.54 bits per heavy atom. The second-order valence-corrected chi connectivity index (χ2v) is 22.6. The molecule has 1 aliphatic heterocycles. The van der Waals surface area contributed by atoms with Crippen LogP contribution in [0.25, 0.3) is 38.8 Å². The van der Waals surface area contributed by atoms with Gasteiger partial charge in [0.1, 0.15) is 17.3 Å². The van der Waals surface area contributed by atoms with Gasteiger partial charge < -0.3 is 14.5 Å². The molecule has 0 saturated heterocycles. The first kappa shape index (κ1) is 48.1. The number of hydrogen-bond donors (Lipinski definition) is 0. The van der Waals surface area contributed by atoms with Crippen LogP contribution in [0.1, 0.15) is 90.1 Å². The van der Waals surface area contributed by atoms with Gasteiger partial charge in [-0.25, -0.2) is 4.98 Å². The Morgan fingerprint density at radius 1 is 0.378 bits per heavy atom. The van der Waals surface area contributed by atoms with Crippen LogP contribution < -0.4 is 14.5 Å². The van der Waals surface area contributed by atoms with Gasteiger partial charge in [-0.15, -0.1) is 0 Å². The molecule has 0 amide bonds. The summed E-state index contributed by atoms with van der Waals surface area (Å²) in [6.45, 7) is 21.6. The highest BCUT2D eigenvalue weighted by atomic mass is 16.5. The predicted octanol–water partition coefficient (Wildman–Crippen LogP) is 17.7. The molecule has 0 bridgehead atoms. The van der Waals surface area contributed by atoms with Crippen molar-refractivity contribution in [2.24, 2.45) is 0 Å². The molecule has 0 atom stereocenters. The van der Waals surface area contributed by atoms with E-state index in [-0.39, 0.29) is 10.8 Å². The monoisotopic (exact) mass is 967 g/mol. The molecular formula is C69H66N4O. The number of nitrogens with zero attached hydrogens (tertiary/aromatic N) is 4. The van der Waals surface area contributed by atoms with Gasteiger partial charge in [0.25, 0.3) is 0 Å². The molecule has 0 spiro atoms. The molecule has 0 radical (unpaired) electrons. The summed E-state index contributed by atoms with van der Waals surface area (Å²) in [5.74, 6) is 2.36. The fourth-order valence-corrected chi connectivity index (χ4v) is 11.3. The molecule has 2 aromatic heterocycles.